The van der Waals surface area contributed by atoms with E-state index >= 15 is 0 Å². The molecule has 2 aromatic heterocycles. The second-order valence-electron chi connectivity index (χ2n) is 8.06. The fourth-order valence-corrected chi connectivity index (χ4v) is 4.76. The van der Waals surface area contributed by atoms with Gasteiger partial charge in [0.1, 0.15) is 29.8 Å². The van der Waals surface area contributed by atoms with E-state index in [-0.39, 0.29) is 30.1 Å². The van der Waals surface area contributed by atoms with Gasteiger partial charge in [0, 0.05) is 38.4 Å². The molecule has 2 aromatic rings. The largest absolute Gasteiger partial charge is 0.382 e. The molecule has 184 valence electrons. The molecule has 5 unspecified atom stereocenters. The zero-order valence-electron chi connectivity index (χ0n) is 18.8. The lowest BCUT2D eigenvalue weighted by Crippen LogP contribution is -2.44. The van der Waals surface area contributed by atoms with Gasteiger partial charge in [0.15, 0.2) is 0 Å². The average molecular weight is 488 g/mol. The quantitative estimate of drug-likeness (QED) is 0.321. The molecule has 3 rings (SSSR count). The molecule has 14 heteroatoms. The molecule has 1 aliphatic rings. The van der Waals surface area contributed by atoms with E-state index in [1.54, 1.807) is 31.9 Å². The third-order valence-corrected chi connectivity index (χ3v) is 6.37. The van der Waals surface area contributed by atoms with Gasteiger partial charge in [-0.1, -0.05) is 6.92 Å². The predicted octanol–water partition coefficient (Wildman–Crippen LogP) is -0.941. The number of amides is 1. The zero-order chi connectivity index (χ0) is 24.5. The molecule has 0 aliphatic carbocycles. The number of aromatic nitrogens is 3. The number of nitrogens with two attached hydrogens (primary N) is 1. The Morgan fingerprint density at radius 1 is 1.45 bits per heavy atom. The van der Waals surface area contributed by atoms with Crippen LogP contribution < -0.4 is 16.6 Å². The standard InChI is InChI=1S/C19H29N5O8S/c1-9-15(31-4)13(7-30-3)32-19(9)24-6-11(14-16(24)22-10(2)23-18(14)26)5-21-17(25)12(20)8-33(27,28)29/h6,9,12-13,15,19H,5,7-8,20H2,1-4H3,(H,21,25)(H,22,23,26)(H,27,28,29). The van der Waals surface area contributed by atoms with Gasteiger partial charge in [-0.2, -0.15) is 8.42 Å². The molecule has 3 heterocycles. The van der Waals surface area contributed by atoms with E-state index < -0.39 is 39.6 Å². The van der Waals surface area contributed by atoms with E-state index in [0.717, 1.165) is 0 Å². The first kappa shape index (κ1) is 25.3. The normalized spacial score (nSPS) is 24.3. The molecule has 1 amide bonds. The molecular weight excluding hydrogens is 458 g/mol. The monoisotopic (exact) mass is 487 g/mol. The second-order valence-corrected chi connectivity index (χ2v) is 9.56. The maximum Gasteiger partial charge on any atom is 0.266 e. The van der Waals surface area contributed by atoms with Crippen molar-refractivity contribution in [1.29, 1.82) is 0 Å². The van der Waals surface area contributed by atoms with Crippen LogP contribution in [0.1, 0.15) is 24.5 Å². The Kier molecular flexibility index (Phi) is 7.55. The van der Waals surface area contributed by atoms with Crippen molar-refractivity contribution in [3.63, 3.8) is 0 Å². The van der Waals surface area contributed by atoms with Crippen molar-refractivity contribution in [2.24, 2.45) is 11.7 Å². The first-order valence-corrected chi connectivity index (χ1v) is 11.8. The summed E-state index contributed by atoms with van der Waals surface area (Å²) in [5.74, 6) is -1.43. The highest BCUT2D eigenvalue weighted by Gasteiger charge is 2.44. The molecular formula is C19H29N5O8S. The number of hydrogen-bond acceptors (Lipinski definition) is 9. The van der Waals surface area contributed by atoms with Crippen molar-refractivity contribution in [3.8, 4) is 0 Å². The maximum atomic E-state index is 12.7. The van der Waals surface area contributed by atoms with Gasteiger partial charge in [-0.3, -0.25) is 14.1 Å². The van der Waals surface area contributed by atoms with Gasteiger partial charge in [0.05, 0.1) is 23.8 Å². The van der Waals surface area contributed by atoms with E-state index in [1.165, 1.54) is 0 Å². The Morgan fingerprint density at radius 3 is 2.76 bits per heavy atom. The van der Waals surface area contributed by atoms with Crippen LogP contribution in [0.2, 0.25) is 0 Å². The minimum absolute atomic E-state index is 0.113. The van der Waals surface area contributed by atoms with Crippen molar-refractivity contribution in [2.75, 3.05) is 26.6 Å². The minimum atomic E-state index is -4.42. The summed E-state index contributed by atoms with van der Waals surface area (Å²) in [5.41, 5.74) is 5.95. The third kappa shape index (κ3) is 5.42. The fraction of sp³-hybridized carbons (Fsp3) is 0.632. The van der Waals surface area contributed by atoms with Crippen LogP contribution in [0.4, 0.5) is 0 Å². The number of carbonyl (C=O) groups excluding carboxylic acids is 1. The van der Waals surface area contributed by atoms with Crippen LogP contribution in [-0.4, -0.2) is 78.2 Å². The Balaban J connectivity index is 1.95. The molecule has 13 nitrogen and oxygen atoms in total. The first-order valence-electron chi connectivity index (χ1n) is 10.2. The summed E-state index contributed by atoms with van der Waals surface area (Å²) < 4.78 is 49.6. The van der Waals surface area contributed by atoms with Gasteiger partial charge < -0.3 is 34.8 Å². The summed E-state index contributed by atoms with van der Waals surface area (Å²) in [4.78, 5) is 32.1. The van der Waals surface area contributed by atoms with Gasteiger partial charge in [-0.05, 0) is 6.92 Å². The van der Waals surface area contributed by atoms with Crippen LogP contribution in [0.15, 0.2) is 11.0 Å². The summed E-state index contributed by atoms with van der Waals surface area (Å²) in [6, 6.07) is -1.47. The minimum Gasteiger partial charge on any atom is -0.382 e. The molecule has 0 saturated carbocycles. The van der Waals surface area contributed by atoms with Gasteiger partial charge >= 0.3 is 0 Å². The predicted molar refractivity (Wildman–Crippen MR) is 117 cm³/mol. The number of nitrogens with zero attached hydrogens (tertiary/aromatic N) is 2. The number of hydrogen-bond donors (Lipinski definition) is 4. The van der Waals surface area contributed by atoms with Crippen molar-refractivity contribution < 1.29 is 32.0 Å². The first-order chi connectivity index (χ1) is 15.5. The summed E-state index contributed by atoms with van der Waals surface area (Å²) in [6.07, 6.45) is 0.557. The van der Waals surface area contributed by atoms with E-state index in [1.807, 2.05) is 6.92 Å². The van der Waals surface area contributed by atoms with Crippen molar-refractivity contribution in [1.82, 2.24) is 19.9 Å². The maximum absolute atomic E-state index is 12.7. The number of aromatic amines is 1. The Bertz CT molecular complexity index is 1180. The molecule has 0 radical (unpaired) electrons. The highest BCUT2D eigenvalue weighted by atomic mass is 32.2. The molecule has 1 aliphatic heterocycles. The van der Waals surface area contributed by atoms with Gasteiger partial charge in [0.2, 0.25) is 5.91 Å². The smallest absolute Gasteiger partial charge is 0.266 e. The van der Waals surface area contributed by atoms with Crippen molar-refractivity contribution in [2.45, 2.75) is 44.9 Å². The number of nitrogens with one attached hydrogen (secondary N) is 2. The zero-order valence-corrected chi connectivity index (χ0v) is 19.6. The van der Waals surface area contributed by atoms with Crippen LogP contribution in [0.25, 0.3) is 11.0 Å². The van der Waals surface area contributed by atoms with Crippen molar-refractivity contribution in [3.05, 3.63) is 27.9 Å². The number of aryl methyl sites for hydroxylation is 1. The lowest BCUT2D eigenvalue weighted by Gasteiger charge is -2.19. The molecule has 0 bridgehead atoms. The summed E-state index contributed by atoms with van der Waals surface area (Å²) >= 11 is 0. The molecule has 1 fully saturated rings. The van der Waals surface area contributed by atoms with E-state index in [2.05, 4.69) is 15.3 Å². The van der Waals surface area contributed by atoms with Gasteiger partial charge in [-0.25, -0.2) is 4.98 Å². The van der Waals surface area contributed by atoms with Gasteiger partial charge in [0.25, 0.3) is 15.7 Å². The van der Waals surface area contributed by atoms with Gasteiger partial charge in [-0.15, -0.1) is 0 Å². The fourth-order valence-electron chi connectivity index (χ4n) is 4.15. The van der Waals surface area contributed by atoms with Crippen LogP contribution in [0.5, 0.6) is 0 Å². The van der Waals surface area contributed by atoms with Crippen LogP contribution >= 0.6 is 0 Å². The summed E-state index contributed by atoms with van der Waals surface area (Å²) in [5, 5.41) is 2.75. The Labute approximate surface area is 190 Å². The number of methoxy groups -OCH3 is 2. The van der Waals surface area contributed by atoms with E-state index in [4.69, 9.17) is 24.5 Å². The number of H-pyrrole nitrogens is 1. The number of fused-ring (bicyclic) bond motifs is 1. The average Bonchev–Trinajstić information content (AvgIpc) is 3.22. The molecule has 1 saturated heterocycles. The van der Waals surface area contributed by atoms with Crippen molar-refractivity contribution >= 4 is 27.1 Å². The lowest BCUT2D eigenvalue weighted by molar-refractivity contribution is -0.122. The molecule has 0 aromatic carbocycles. The molecule has 5 N–H and O–H groups in total. The molecule has 33 heavy (non-hydrogen) atoms. The number of rotatable bonds is 9. The highest BCUT2D eigenvalue weighted by molar-refractivity contribution is 7.85. The lowest BCUT2D eigenvalue weighted by atomic mass is 10.0. The molecule has 5 atom stereocenters. The second kappa shape index (κ2) is 9.87. The topological polar surface area (TPSA) is 188 Å². The number of carbonyl (C=O) groups is 1. The summed E-state index contributed by atoms with van der Waals surface area (Å²) in [7, 11) is -1.26. The Morgan fingerprint density at radius 2 is 2.15 bits per heavy atom. The van der Waals surface area contributed by atoms with Crippen LogP contribution in [-0.2, 0) is 35.7 Å². The van der Waals surface area contributed by atoms with Crippen LogP contribution in [0.3, 0.4) is 0 Å². The summed E-state index contributed by atoms with van der Waals surface area (Å²) in [6.45, 7) is 3.81. The third-order valence-electron chi connectivity index (χ3n) is 5.59. The van der Waals surface area contributed by atoms with E-state index in [9.17, 15) is 18.0 Å². The van der Waals surface area contributed by atoms with Crippen LogP contribution in [0, 0.1) is 12.8 Å². The Hall–Kier alpha value is -2.36. The SMILES string of the molecule is COCC1OC(n2cc(CNC(=O)C(N)CS(=O)(=O)O)c3c(=O)[nH]c(C)nc32)C(C)C1OC. The number of ether oxygens (including phenoxy) is 3. The molecule has 0 spiro atoms. The highest BCUT2D eigenvalue weighted by Crippen LogP contribution is 2.38. The van der Waals surface area contributed by atoms with E-state index in [0.29, 0.717) is 23.6 Å².